The first kappa shape index (κ1) is 9.21. The van der Waals surface area contributed by atoms with Crippen LogP contribution in [0.25, 0.3) is 6.08 Å². The number of pyridine rings is 1. The minimum atomic E-state index is -0.348. The third-order valence-corrected chi connectivity index (χ3v) is 2.61. The highest BCUT2D eigenvalue weighted by Crippen LogP contribution is 2.40. The molecule has 1 aromatic rings. The molecule has 3 nitrogen and oxygen atoms in total. The Hall–Kier alpha value is -1.35. The Morgan fingerprint density at radius 3 is 3.00 bits per heavy atom. The van der Waals surface area contributed by atoms with Crippen LogP contribution in [0.4, 0.5) is 0 Å². The maximum absolute atomic E-state index is 9.83. The third kappa shape index (κ3) is 1.13. The predicted octanol–water partition coefficient (Wildman–Crippen LogP) is 2.20. The van der Waals surface area contributed by atoms with Gasteiger partial charge in [0.1, 0.15) is 11.4 Å². The number of hydrogen-bond donors (Lipinski definition) is 1. The zero-order valence-electron chi connectivity index (χ0n) is 8.37. The van der Waals surface area contributed by atoms with Crippen LogP contribution in [0.15, 0.2) is 12.8 Å². The van der Waals surface area contributed by atoms with E-state index in [1.165, 1.54) is 0 Å². The van der Waals surface area contributed by atoms with Gasteiger partial charge in [-0.15, -0.1) is 0 Å². The van der Waals surface area contributed by atoms with Crippen LogP contribution in [-0.2, 0) is 16.9 Å². The van der Waals surface area contributed by atoms with Gasteiger partial charge >= 0.3 is 0 Å². The lowest BCUT2D eigenvalue weighted by atomic mass is 9.97. The SMILES string of the molecule is C=Cc1ncc2c(c1O)COC2(C)C. The predicted molar refractivity (Wildman–Crippen MR) is 53.8 cm³/mol. The molecule has 1 aromatic heterocycles. The second kappa shape index (κ2) is 2.82. The largest absolute Gasteiger partial charge is 0.505 e. The van der Waals surface area contributed by atoms with E-state index in [0.717, 1.165) is 11.1 Å². The Morgan fingerprint density at radius 1 is 1.64 bits per heavy atom. The molecule has 3 heteroatoms. The number of nitrogens with zero attached hydrogens (tertiary/aromatic N) is 1. The lowest BCUT2D eigenvalue weighted by Crippen LogP contribution is -2.14. The quantitative estimate of drug-likeness (QED) is 0.739. The fourth-order valence-corrected chi connectivity index (χ4v) is 1.70. The van der Waals surface area contributed by atoms with E-state index in [1.807, 2.05) is 13.8 Å². The zero-order chi connectivity index (χ0) is 10.3. The summed E-state index contributed by atoms with van der Waals surface area (Å²) in [6.45, 7) is 7.96. The number of hydrogen-bond acceptors (Lipinski definition) is 3. The van der Waals surface area contributed by atoms with Crippen molar-refractivity contribution in [2.45, 2.75) is 26.1 Å². The van der Waals surface area contributed by atoms with Crippen molar-refractivity contribution in [1.82, 2.24) is 4.98 Å². The van der Waals surface area contributed by atoms with Gasteiger partial charge in [-0.05, 0) is 19.9 Å². The molecule has 0 radical (unpaired) electrons. The smallest absolute Gasteiger partial charge is 0.147 e. The van der Waals surface area contributed by atoms with Crippen LogP contribution in [0.5, 0.6) is 5.75 Å². The molecule has 0 bridgehead atoms. The third-order valence-electron chi connectivity index (χ3n) is 2.61. The van der Waals surface area contributed by atoms with E-state index in [0.29, 0.717) is 12.3 Å². The molecular formula is C11H13NO2. The second-order valence-electron chi connectivity index (χ2n) is 3.89. The van der Waals surface area contributed by atoms with Crippen LogP contribution in [-0.4, -0.2) is 10.1 Å². The van der Waals surface area contributed by atoms with Gasteiger partial charge in [0.2, 0.25) is 0 Å². The number of aromatic nitrogens is 1. The zero-order valence-corrected chi connectivity index (χ0v) is 8.37. The molecule has 0 aromatic carbocycles. The number of ether oxygens (including phenoxy) is 1. The van der Waals surface area contributed by atoms with Gasteiger partial charge in [0, 0.05) is 17.3 Å². The second-order valence-corrected chi connectivity index (χ2v) is 3.89. The topological polar surface area (TPSA) is 42.4 Å². The molecule has 0 saturated carbocycles. The number of aromatic hydroxyl groups is 1. The summed E-state index contributed by atoms with van der Waals surface area (Å²) in [5.41, 5.74) is 1.96. The van der Waals surface area contributed by atoms with Crippen molar-refractivity contribution in [2.75, 3.05) is 0 Å². The first-order valence-electron chi connectivity index (χ1n) is 4.54. The summed E-state index contributed by atoms with van der Waals surface area (Å²) < 4.78 is 5.56. The first-order valence-corrected chi connectivity index (χ1v) is 4.54. The summed E-state index contributed by atoms with van der Waals surface area (Å²) in [4.78, 5) is 4.12. The summed E-state index contributed by atoms with van der Waals surface area (Å²) in [6.07, 6.45) is 3.29. The molecule has 1 aliphatic rings. The molecule has 0 spiro atoms. The molecule has 0 amide bonds. The van der Waals surface area contributed by atoms with Gasteiger partial charge in [-0.3, -0.25) is 4.98 Å². The molecule has 0 unspecified atom stereocenters. The van der Waals surface area contributed by atoms with Gasteiger partial charge in [0.15, 0.2) is 0 Å². The van der Waals surface area contributed by atoms with Gasteiger partial charge in [-0.2, -0.15) is 0 Å². The number of rotatable bonds is 1. The summed E-state index contributed by atoms with van der Waals surface area (Å²) in [5, 5.41) is 9.83. The lowest BCUT2D eigenvalue weighted by molar-refractivity contribution is -0.00821. The Balaban J connectivity index is 2.63. The van der Waals surface area contributed by atoms with Gasteiger partial charge < -0.3 is 9.84 Å². The monoisotopic (exact) mass is 191 g/mol. The Kier molecular flexibility index (Phi) is 1.86. The molecule has 0 atom stereocenters. The van der Waals surface area contributed by atoms with Crippen LogP contribution in [0.1, 0.15) is 30.7 Å². The average Bonchev–Trinajstić information content (AvgIpc) is 2.44. The van der Waals surface area contributed by atoms with E-state index in [-0.39, 0.29) is 11.4 Å². The minimum Gasteiger partial charge on any atom is -0.505 e. The first-order chi connectivity index (χ1) is 6.56. The molecule has 0 aliphatic carbocycles. The maximum atomic E-state index is 9.83. The van der Waals surface area contributed by atoms with E-state index in [2.05, 4.69) is 11.6 Å². The molecule has 14 heavy (non-hydrogen) atoms. The average molecular weight is 191 g/mol. The van der Waals surface area contributed by atoms with Crippen molar-refractivity contribution in [1.29, 1.82) is 0 Å². The highest BCUT2D eigenvalue weighted by atomic mass is 16.5. The van der Waals surface area contributed by atoms with Crippen molar-refractivity contribution in [2.24, 2.45) is 0 Å². The molecule has 0 saturated heterocycles. The summed E-state index contributed by atoms with van der Waals surface area (Å²) in [5.74, 6) is 0.197. The highest BCUT2D eigenvalue weighted by molar-refractivity contribution is 5.56. The summed E-state index contributed by atoms with van der Waals surface area (Å²) in [7, 11) is 0. The molecule has 1 aliphatic heterocycles. The summed E-state index contributed by atoms with van der Waals surface area (Å²) in [6, 6.07) is 0. The molecular weight excluding hydrogens is 178 g/mol. The fourth-order valence-electron chi connectivity index (χ4n) is 1.70. The molecule has 0 fully saturated rings. The van der Waals surface area contributed by atoms with Crippen molar-refractivity contribution in [3.8, 4) is 5.75 Å². The normalized spacial score (nSPS) is 17.9. The Bertz CT molecular complexity index is 397. The maximum Gasteiger partial charge on any atom is 0.147 e. The Labute approximate surface area is 83.1 Å². The van der Waals surface area contributed by atoms with Crippen molar-refractivity contribution in [3.63, 3.8) is 0 Å². The van der Waals surface area contributed by atoms with Gasteiger partial charge in [0.05, 0.1) is 12.2 Å². The van der Waals surface area contributed by atoms with Crippen LogP contribution >= 0.6 is 0 Å². The molecule has 74 valence electrons. The Morgan fingerprint density at radius 2 is 2.36 bits per heavy atom. The van der Waals surface area contributed by atoms with E-state index in [9.17, 15) is 5.11 Å². The van der Waals surface area contributed by atoms with Crippen molar-refractivity contribution < 1.29 is 9.84 Å². The minimum absolute atomic E-state index is 0.197. The number of fused-ring (bicyclic) bond motifs is 1. The van der Waals surface area contributed by atoms with Gasteiger partial charge in [0.25, 0.3) is 0 Å². The van der Waals surface area contributed by atoms with E-state index in [4.69, 9.17) is 4.74 Å². The van der Waals surface area contributed by atoms with Gasteiger partial charge in [-0.1, -0.05) is 6.58 Å². The molecule has 1 N–H and O–H groups in total. The molecule has 2 rings (SSSR count). The van der Waals surface area contributed by atoms with Crippen molar-refractivity contribution >= 4 is 6.08 Å². The summed E-state index contributed by atoms with van der Waals surface area (Å²) >= 11 is 0. The standard InChI is InChI=1S/C11H13NO2/c1-4-9-10(13)7-6-14-11(2,3)8(7)5-12-9/h4-5,13H,1,6H2,2-3H3. The van der Waals surface area contributed by atoms with Crippen LogP contribution in [0, 0.1) is 0 Å². The van der Waals surface area contributed by atoms with E-state index >= 15 is 0 Å². The van der Waals surface area contributed by atoms with Crippen LogP contribution in [0.3, 0.4) is 0 Å². The van der Waals surface area contributed by atoms with E-state index in [1.54, 1.807) is 12.3 Å². The lowest BCUT2D eigenvalue weighted by Gasteiger charge is -2.17. The highest BCUT2D eigenvalue weighted by Gasteiger charge is 2.33. The van der Waals surface area contributed by atoms with Gasteiger partial charge in [-0.25, -0.2) is 0 Å². The van der Waals surface area contributed by atoms with Crippen LogP contribution < -0.4 is 0 Å². The van der Waals surface area contributed by atoms with Crippen LogP contribution in [0.2, 0.25) is 0 Å². The fraction of sp³-hybridized carbons (Fsp3) is 0.364. The van der Waals surface area contributed by atoms with Crippen molar-refractivity contribution in [3.05, 3.63) is 29.6 Å². The molecule has 2 heterocycles. The van der Waals surface area contributed by atoms with E-state index < -0.39 is 0 Å².